The molecule has 6 heteroatoms. The number of aromatic nitrogens is 3. The van der Waals surface area contributed by atoms with Crippen molar-refractivity contribution in [2.45, 2.75) is 44.0 Å². The molecule has 0 unspecified atom stereocenters. The molecule has 0 saturated heterocycles. The van der Waals surface area contributed by atoms with E-state index in [0.29, 0.717) is 11.1 Å². The third-order valence-electron chi connectivity index (χ3n) is 4.43. The van der Waals surface area contributed by atoms with Gasteiger partial charge in [-0.15, -0.1) is 10.2 Å². The number of amides is 1. The molecule has 0 spiro atoms. The van der Waals surface area contributed by atoms with E-state index in [2.05, 4.69) is 55.2 Å². The molecule has 1 heterocycles. The minimum atomic E-state index is -0.398. The van der Waals surface area contributed by atoms with Crippen LogP contribution in [0.3, 0.4) is 0 Å². The molecule has 0 fully saturated rings. The second-order valence-corrected chi connectivity index (χ2v) is 8.19. The zero-order chi connectivity index (χ0) is 19.6. The summed E-state index contributed by atoms with van der Waals surface area (Å²) >= 11 is 1.33. The SMILES string of the molecule is Cc1ccc(-c2nnc(S[C@@H](C)C(N)=O)n2-c2ccccc2C(C)C)cc1. The molecular formula is C21H24N4OS. The smallest absolute Gasteiger partial charge is 0.230 e. The number of thioether (sulfide) groups is 1. The number of carbonyl (C=O) groups excluding carboxylic acids is 1. The lowest BCUT2D eigenvalue weighted by molar-refractivity contribution is -0.117. The van der Waals surface area contributed by atoms with Crippen LogP contribution in [0.1, 0.15) is 37.8 Å². The maximum Gasteiger partial charge on any atom is 0.230 e. The third kappa shape index (κ3) is 4.06. The van der Waals surface area contributed by atoms with Crippen molar-refractivity contribution in [1.82, 2.24) is 14.8 Å². The Morgan fingerprint density at radius 1 is 1.04 bits per heavy atom. The van der Waals surface area contributed by atoms with E-state index in [0.717, 1.165) is 17.1 Å². The molecule has 27 heavy (non-hydrogen) atoms. The normalized spacial score (nSPS) is 12.3. The van der Waals surface area contributed by atoms with Crippen molar-refractivity contribution in [2.75, 3.05) is 0 Å². The van der Waals surface area contributed by atoms with E-state index in [1.165, 1.54) is 22.9 Å². The number of nitrogens with two attached hydrogens (primary N) is 1. The van der Waals surface area contributed by atoms with Gasteiger partial charge in [-0.25, -0.2) is 0 Å². The number of benzene rings is 2. The molecule has 0 bridgehead atoms. The summed E-state index contributed by atoms with van der Waals surface area (Å²) < 4.78 is 2.03. The summed E-state index contributed by atoms with van der Waals surface area (Å²) in [6.07, 6.45) is 0. The molecule has 3 rings (SSSR count). The Labute approximate surface area is 164 Å². The van der Waals surface area contributed by atoms with Gasteiger partial charge in [0.05, 0.1) is 10.9 Å². The molecule has 140 valence electrons. The average Bonchev–Trinajstić information content (AvgIpc) is 3.05. The van der Waals surface area contributed by atoms with E-state index in [1.54, 1.807) is 6.92 Å². The Morgan fingerprint density at radius 2 is 1.70 bits per heavy atom. The molecule has 0 saturated carbocycles. The number of nitrogens with zero attached hydrogens (tertiary/aromatic N) is 3. The molecule has 5 nitrogen and oxygen atoms in total. The molecule has 1 amide bonds. The van der Waals surface area contributed by atoms with Crippen molar-refractivity contribution in [3.8, 4) is 17.1 Å². The summed E-state index contributed by atoms with van der Waals surface area (Å²) in [6, 6.07) is 16.4. The van der Waals surface area contributed by atoms with Gasteiger partial charge in [0.2, 0.25) is 5.91 Å². The number of rotatable bonds is 6. The summed E-state index contributed by atoms with van der Waals surface area (Å²) in [5.74, 6) is 0.715. The third-order valence-corrected chi connectivity index (χ3v) is 5.49. The van der Waals surface area contributed by atoms with Crippen LogP contribution in [-0.4, -0.2) is 25.9 Å². The lowest BCUT2D eigenvalue weighted by Gasteiger charge is -2.17. The fraction of sp³-hybridized carbons (Fsp3) is 0.286. The number of hydrogen-bond acceptors (Lipinski definition) is 4. The van der Waals surface area contributed by atoms with Crippen LogP contribution in [0, 0.1) is 6.92 Å². The number of para-hydroxylation sites is 1. The predicted molar refractivity (Wildman–Crippen MR) is 110 cm³/mol. The van der Waals surface area contributed by atoms with E-state index >= 15 is 0 Å². The fourth-order valence-corrected chi connectivity index (χ4v) is 3.66. The predicted octanol–water partition coefficient (Wildman–Crippen LogP) is 4.33. The van der Waals surface area contributed by atoms with Crippen LogP contribution in [0.25, 0.3) is 17.1 Å². The quantitative estimate of drug-likeness (QED) is 0.646. The van der Waals surface area contributed by atoms with Crippen LogP contribution in [0.2, 0.25) is 0 Å². The Morgan fingerprint density at radius 3 is 2.33 bits per heavy atom. The Balaban J connectivity index is 2.20. The lowest BCUT2D eigenvalue weighted by Crippen LogP contribution is -2.23. The largest absolute Gasteiger partial charge is 0.369 e. The van der Waals surface area contributed by atoms with Gasteiger partial charge in [0.1, 0.15) is 0 Å². The Kier molecular flexibility index (Phi) is 5.65. The molecule has 3 aromatic rings. The van der Waals surface area contributed by atoms with E-state index in [4.69, 9.17) is 5.73 Å². The molecular weight excluding hydrogens is 356 g/mol. The highest BCUT2D eigenvalue weighted by molar-refractivity contribution is 8.00. The summed E-state index contributed by atoms with van der Waals surface area (Å²) in [5.41, 5.74) is 9.84. The number of primary amides is 1. The van der Waals surface area contributed by atoms with Gasteiger partial charge in [0, 0.05) is 5.56 Å². The number of hydrogen-bond donors (Lipinski definition) is 1. The van der Waals surface area contributed by atoms with E-state index in [-0.39, 0.29) is 5.91 Å². The number of aryl methyl sites for hydroxylation is 1. The summed E-state index contributed by atoms with van der Waals surface area (Å²) in [4.78, 5) is 11.6. The van der Waals surface area contributed by atoms with Gasteiger partial charge in [-0.05, 0) is 31.4 Å². The van der Waals surface area contributed by atoms with Gasteiger partial charge >= 0.3 is 0 Å². The van der Waals surface area contributed by atoms with Crippen molar-refractivity contribution in [2.24, 2.45) is 5.73 Å². The molecule has 0 aliphatic carbocycles. The van der Waals surface area contributed by atoms with Crippen LogP contribution in [0.4, 0.5) is 0 Å². The highest BCUT2D eigenvalue weighted by Gasteiger charge is 2.22. The average molecular weight is 381 g/mol. The lowest BCUT2D eigenvalue weighted by atomic mass is 10.0. The van der Waals surface area contributed by atoms with Gasteiger partial charge in [-0.2, -0.15) is 0 Å². The topological polar surface area (TPSA) is 73.8 Å². The minimum absolute atomic E-state index is 0.334. The van der Waals surface area contributed by atoms with Crippen molar-refractivity contribution in [1.29, 1.82) is 0 Å². The van der Waals surface area contributed by atoms with Gasteiger partial charge < -0.3 is 5.73 Å². The zero-order valence-corrected chi connectivity index (χ0v) is 16.8. The second kappa shape index (κ2) is 7.96. The highest BCUT2D eigenvalue weighted by atomic mass is 32.2. The van der Waals surface area contributed by atoms with E-state index < -0.39 is 5.25 Å². The van der Waals surface area contributed by atoms with Crippen LogP contribution >= 0.6 is 11.8 Å². The molecule has 0 aliphatic heterocycles. The monoisotopic (exact) mass is 380 g/mol. The first kappa shape index (κ1) is 19.2. The van der Waals surface area contributed by atoms with Crippen LogP contribution in [0.15, 0.2) is 53.7 Å². The van der Waals surface area contributed by atoms with Gasteiger partial charge in [0.25, 0.3) is 0 Å². The molecule has 2 aromatic carbocycles. The highest BCUT2D eigenvalue weighted by Crippen LogP contribution is 2.33. The zero-order valence-electron chi connectivity index (χ0n) is 16.0. The van der Waals surface area contributed by atoms with Crippen LogP contribution < -0.4 is 5.73 Å². The fourth-order valence-electron chi connectivity index (χ4n) is 2.85. The van der Waals surface area contributed by atoms with Crippen molar-refractivity contribution >= 4 is 17.7 Å². The van der Waals surface area contributed by atoms with E-state index in [1.807, 2.05) is 28.8 Å². The van der Waals surface area contributed by atoms with Crippen LogP contribution in [-0.2, 0) is 4.79 Å². The molecule has 0 aliphatic rings. The first-order valence-electron chi connectivity index (χ1n) is 8.96. The summed E-state index contributed by atoms with van der Waals surface area (Å²) in [5, 5.41) is 9.09. The molecule has 1 aromatic heterocycles. The molecule has 1 atom stereocenters. The first-order chi connectivity index (χ1) is 12.9. The van der Waals surface area contributed by atoms with Crippen molar-refractivity contribution in [3.63, 3.8) is 0 Å². The number of carbonyl (C=O) groups is 1. The Hall–Kier alpha value is -2.60. The first-order valence-corrected chi connectivity index (χ1v) is 9.84. The summed E-state index contributed by atoms with van der Waals surface area (Å²) in [6.45, 7) is 8.16. The van der Waals surface area contributed by atoms with Crippen molar-refractivity contribution in [3.05, 3.63) is 59.7 Å². The molecule has 0 radical (unpaired) electrons. The van der Waals surface area contributed by atoms with Crippen LogP contribution in [0.5, 0.6) is 0 Å². The second-order valence-electron chi connectivity index (χ2n) is 6.88. The maximum atomic E-state index is 11.6. The van der Waals surface area contributed by atoms with E-state index in [9.17, 15) is 4.79 Å². The standard InChI is InChI=1S/C21H24N4OS/c1-13(2)17-7-5-6-8-18(17)25-20(16-11-9-14(3)10-12-16)23-24-21(25)27-15(4)19(22)26/h5-13,15H,1-4H3,(H2,22,26)/t15-/m0/s1. The minimum Gasteiger partial charge on any atom is -0.369 e. The van der Waals surface area contributed by atoms with Gasteiger partial charge in [-0.3, -0.25) is 9.36 Å². The summed E-state index contributed by atoms with van der Waals surface area (Å²) in [7, 11) is 0. The molecule has 2 N–H and O–H groups in total. The van der Waals surface area contributed by atoms with Gasteiger partial charge in [-0.1, -0.05) is 73.6 Å². The Bertz CT molecular complexity index is 947. The maximum absolute atomic E-state index is 11.6. The van der Waals surface area contributed by atoms with Gasteiger partial charge in [0.15, 0.2) is 11.0 Å². The van der Waals surface area contributed by atoms with Crippen molar-refractivity contribution < 1.29 is 4.79 Å².